The Morgan fingerprint density at radius 3 is 2.64 bits per heavy atom. The van der Waals surface area contributed by atoms with Gasteiger partial charge < -0.3 is 5.32 Å². The molecule has 2 heteroatoms. The van der Waals surface area contributed by atoms with E-state index in [1.165, 1.54) is 24.8 Å². The van der Waals surface area contributed by atoms with E-state index in [0.717, 1.165) is 12.5 Å². The van der Waals surface area contributed by atoms with Crippen molar-refractivity contribution in [2.24, 2.45) is 0 Å². The van der Waals surface area contributed by atoms with E-state index in [2.05, 4.69) is 29.4 Å². The van der Waals surface area contributed by atoms with Gasteiger partial charge in [0.15, 0.2) is 0 Å². The van der Waals surface area contributed by atoms with Gasteiger partial charge in [0.25, 0.3) is 0 Å². The molecule has 1 aromatic rings. The quantitative estimate of drug-likeness (QED) is 0.790. The van der Waals surface area contributed by atoms with Crippen LogP contribution in [0.2, 0.25) is 0 Å². The van der Waals surface area contributed by atoms with Crippen LogP contribution < -0.4 is 5.32 Å². The van der Waals surface area contributed by atoms with Crippen LogP contribution in [0.1, 0.15) is 31.7 Å². The molecule has 1 N–H and O–H groups in total. The smallest absolute Gasteiger partial charge is 0.0270 e. The minimum atomic E-state index is 0.683. The summed E-state index contributed by atoms with van der Waals surface area (Å²) in [5.74, 6) is 0. The van der Waals surface area contributed by atoms with Gasteiger partial charge in [-0.25, -0.2) is 0 Å². The lowest BCUT2D eigenvalue weighted by atomic mass is 10.1. The molecule has 1 aliphatic rings. The van der Waals surface area contributed by atoms with Gasteiger partial charge in [-0.3, -0.25) is 4.98 Å². The van der Waals surface area contributed by atoms with E-state index in [0.29, 0.717) is 6.04 Å². The topological polar surface area (TPSA) is 24.9 Å². The molecule has 0 aliphatic carbocycles. The van der Waals surface area contributed by atoms with E-state index in [-0.39, 0.29) is 0 Å². The fourth-order valence-corrected chi connectivity index (χ4v) is 2.19. The Hall–Kier alpha value is -0.890. The molecule has 2 rings (SSSR count). The predicted octanol–water partition coefficient (Wildman–Crippen LogP) is 2.15. The number of nitrogens with zero attached hydrogens (tertiary/aromatic N) is 1. The highest BCUT2D eigenvalue weighted by molar-refractivity contribution is 5.12. The molecule has 1 aromatic heterocycles. The molecule has 0 unspecified atom stereocenters. The zero-order valence-electron chi connectivity index (χ0n) is 8.74. The second kappa shape index (κ2) is 4.56. The van der Waals surface area contributed by atoms with Gasteiger partial charge in [0.1, 0.15) is 0 Å². The van der Waals surface area contributed by atoms with Crippen molar-refractivity contribution in [2.45, 2.75) is 44.7 Å². The molecule has 0 bridgehead atoms. The zero-order valence-corrected chi connectivity index (χ0v) is 8.74. The third-order valence-electron chi connectivity index (χ3n) is 3.06. The van der Waals surface area contributed by atoms with Gasteiger partial charge in [-0.15, -0.1) is 0 Å². The summed E-state index contributed by atoms with van der Waals surface area (Å²) in [6, 6.07) is 5.66. The number of nitrogens with one attached hydrogen (secondary N) is 1. The largest absolute Gasteiger partial charge is 0.311 e. The van der Waals surface area contributed by atoms with Gasteiger partial charge in [-0.2, -0.15) is 0 Å². The molecular weight excluding hydrogens is 172 g/mol. The first kappa shape index (κ1) is 9.66. The molecule has 0 spiro atoms. The first-order valence-electron chi connectivity index (χ1n) is 5.53. The van der Waals surface area contributed by atoms with Crippen molar-refractivity contribution in [1.82, 2.24) is 10.3 Å². The minimum Gasteiger partial charge on any atom is -0.311 e. The number of rotatable bonds is 3. The third-order valence-corrected chi connectivity index (χ3v) is 3.06. The van der Waals surface area contributed by atoms with Crippen LogP contribution in [0.15, 0.2) is 24.5 Å². The highest BCUT2D eigenvalue weighted by Gasteiger charge is 2.21. The van der Waals surface area contributed by atoms with Crippen molar-refractivity contribution in [3.05, 3.63) is 30.1 Å². The second-order valence-corrected chi connectivity index (χ2v) is 4.11. The van der Waals surface area contributed by atoms with Crippen LogP contribution in [-0.4, -0.2) is 17.1 Å². The monoisotopic (exact) mass is 190 g/mol. The van der Waals surface area contributed by atoms with E-state index in [4.69, 9.17) is 0 Å². The Bertz CT molecular complexity index is 271. The molecule has 2 atom stereocenters. The first-order chi connectivity index (χ1) is 6.88. The third kappa shape index (κ3) is 2.32. The summed E-state index contributed by atoms with van der Waals surface area (Å²) < 4.78 is 0. The van der Waals surface area contributed by atoms with E-state index < -0.39 is 0 Å². The Balaban J connectivity index is 1.88. The molecule has 1 saturated heterocycles. The average Bonchev–Trinajstić information content (AvgIpc) is 2.67. The molecule has 0 saturated carbocycles. The van der Waals surface area contributed by atoms with E-state index >= 15 is 0 Å². The Labute approximate surface area is 85.7 Å². The Kier molecular flexibility index (Phi) is 3.14. The van der Waals surface area contributed by atoms with Crippen LogP contribution in [0.25, 0.3) is 0 Å². The summed E-state index contributed by atoms with van der Waals surface area (Å²) >= 11 is 0. The van der Waals surface area contributed by atoms with Gasteiger partial charge in [0, 0.05) is 24.5 Å². The maximum absolute atomic E-state index is 4.03. The van der Waals surface area contributed by atoms with Crippen molar-refractivity contribution in [1.29, 1.82) is 0 Å². The molecule has 2 nitrogen and oxygen atoms in total. The highest BCUT2D eigenvalue weighted by Crippen LogP contribution is 2.17. The molecule has 76 valence electrons. The van der Waals surface area contributed by atoms with Crippen molar-refractivity contribution in [3.8, 4) is 0 Å². The Morgan fingerprint density at radius 2 is 2.00 bits per heavy atom. The summed E-state index contributed by atoms with van der Waals surface area (Å²) in [5.41, 5.74) is 1.40. The average molecular weight is 190 g/mol. The van der Waals surface area contributed by atoms with Gasteiger partial charge in [-0.05, 0) is 43.4 Å². The van der Waals surface area contributed by atoms with Crippen LogP contribution in [0, 0.1) is 0 Å². The lowest BCUT2D eigenvalue weighted by Crippen LogP contribution is -2.30. The number of aromatic nitrogens is 1. The summed E-state index contributed by atoms with van der Waals surface area (Å²) in [7, 11) is 0. The fourth-order valence-electron chi connectivity index (χ4n) is 2.19. The van der Waals surface area contributed by atoms with Crippen LogP contribution in [-0.2, 0) is 6.42 Å². The SMILES string of the molecule is CC[C@@H]1CC[C@@H](Cc2ccncc2)N1. The van der Waals surface area contributed by atoms with Crippen LogP contribution in [0.3, 0.4) is 0 Å². The number of pyridine rings is 1. The van der Waals surface area contributed by atoms with Gasteiger partial charge in [0.2, 0.25) is 0 Å². The normalized spacial score (nSPS) is 26.6. The number of hydrogen-bond acceptors (Lipinski definition) is 2. The standard InChI is InChI=1S/C12H18N2/c1-2-11-3-4-12(14-11)9-10-5-7-13-8-6-10/h5-8,11-12,14H,2-4,9H2,1H3/t11-,12+/m1/s1. The zero-order chi connectivity index (χ0) is 9.80. The molecule has 0 aromatic carbocycles. The maximum atomic E-state index is 4.03. The Morgan fingerprint density at radius 1 is 1.29 bits per heavy atom. The lowest BCUT2D eigenvalue weighted by molar-refractivity contribution is 0.524. The first-order valence-corrected chi connectivity index (χ1v) is 5.53. The fraction of sp³-hybridized carbons (Fsp3) is 0.583. The molecule has 0 radical (unpaired) electrons. The summed E-state index contributed by atoms with van der Waals surface area (Å²) in [6.07, 6.45) is 8.82. The van der Waals surface area contributed by atoms with Crippen molar-refractivity contribution in [2.75, 3.05) is 0 Å². The summed E-state index contributed by atoms with van der Waals surface area (Å²) in [4.78, 5) is 4.03. The highest BCUT2D eigenvalue weighted by atomic mass is 15.0. The molecular formula is C12H18N2. The van der Waals surface area contributed by atoms with Gasteiger partial charge in [-0.1, -0.05) is 6.92 Å². The number of hydrogen-bond donors (Lipinski definition) is 1. The van der Waals surface area contributed by atoms with Gasteiger partial charge >= 0.3 is 0 Å². The van der Waals surface area contributed by atoms with Crippen molar-refractivity contribution < 1.29 is 0 Å². The van der Waals surface area contributed by atoms with E-state index in [1.54, 1.807) is 0 Å². The van der Waals surface area contributed by atoms with Gasteiger partial charge in [0.05, 0.1) is 0 Å². The second-order valence-electron chi connectivity index (χ2n) is 4.11. The molecule has 2 heterocycles. The van der Waals surface area contributed by atoms with Crippen molar-refractivity contribution in [3.63, 3.8) is 0 Å². The lowest BCUT2D eigenvalue weighted by Gasteiger charge is -2.12. The van der Waals surface area contributed by atoms with E-state index in [1.807, 2.05) is 12.4 Å². The molecule has 0 amide bonds. The summed E-state index contributed by atoms with van der Waals surface area (Å²) in [6.45, 7) is 2.26. The van der Waals surface area contributed by atoms with E-state index in [9.17, 15) is 0 Å². The van der Waals surface area contributed by atoms with Crippen molar-refractivity contribution >= 4 is 0 Å². The summed E-state index contributed by atoms with van der Waals surface area (Å²) in [5, 5.41) is 3.67. The maximum Gasteiger partial charge on any atom is 0.0270 e. The van der Waals surface area contributed by atoms with Crippen LogP contribution >= 0.6 is 0 Å². The molecule has 1 fully saturated rings. The van der Waals surface area contributed by atoms with Crippen LogP contribution in [0.5, 0.6) is 0 Å². The van der Waals surface area contributed by atoms with Crippen LogP contribution in [0.4, 0.5) is 0 Å². The molecule has 1 aliphatic heterocycles. The minimum absolute atomic E-state index is 0.683. The predicted molar refractivity (Wildman–Crippen MR) is 58.2 cm³/mol. The molecule has 14 heavy (non-hydrogen) atoms.